The van der Waals surface area contributed by atoms with E-state index < -0.39 is 29.3 Å². The summed E-state index contributed by atoms with van der Waals surface area (Å²) >= 11 is 5.69. The summed E-state index contributed by atoms with van der Waals surface area (Å²) in [6, 6.07) is 3.18. The zero-order valence-electron chi connectivity index (χ0n) is 11.1. The quantitative estimate of drug-likeness (QED) is 0.842. The van der Waals surface area contributed by atoms with Crippen LogP contribution in [0.5, 0.6) is 0 Å². The van der Waals surface area contributed by atoms with E-state index in [0.29, 0.717) is 0 Å². The lowest BCUT2D eigenvalue weighted by atomic mass is 10.1. The number of amides is 1. The van der Waals surface area contributed by atoms with Crippen molar-refractivity contribution in [1.29, 1.82) is 0 Å². The summed E-state index contributed by atoms with van der Waals surface area (Å²) in [5.74, 6) is -1.34. The van der Waals surface area contributed by atoms with Crippen LogP contribution < -0.4 is 5.32 Å². The molecule has 4 nitrogen and oxygen atoms in total. The zero-order valence-corrected chi connectivity index (χ0v) is 11.8. The molecule has 0 spiro atoms. The topological polar surface area (TPSA) is 55.4 Å². The van der Waals surface area contributed by atoms with E-state index in [2.05, 4.69) is 10.1 Å². The number of benzene rings is 1. The monoisotopic (exact) mass is 323 g/mol. The van der Waals surface area contributed by atoms with Gasteiger partial charge in [0.2, 0.25) is 5.91 Å². The minimum Gasteiger partial charge on any atom is -0.466 e. The highest BCUT2D eigenvalue weighted by atomic mass is 35.5. The third-order valence-electron chi connectivity index (χ3n) is 2.44. The number of para-hydroxylation sites is 1. The Hall–Kier alpha value is -1.76. The molecule has 0 radical (unpaired) electrons. The van der Waals surface area contributed by atoms with E-state index in [1.165, 1.54) is 6.07 Å². The number of carbonyl (C=O) groups is 2. The number of anilines is 1. The summed E-state index contributed by atoms with van der Waals surface area (Å²) in [5.41, 5.74) is -1.56. The summed E-state index contributed by atoms with van der Waals surface area (Å²) in [7, 11) is 0. The van der Waals surface area contributed by atoms with Crippen molar-refractivity contribution in [1.82, 2.24) is 0 Å². The van der Waals surface area contributed by atoms with E-state index in [9.17, 15) is 22.8 Å². The first-order valence-corrected chi connectivity index (χ1v) is 6.44. The minimum absolute atomic E-state index is 0.170. The Morgan fingerprint density at radius 1 is 1.29 bits per heavy atom. The second kappa shape index (κ2) is 7.31. The van der Waals surface area contributed by atoms with E-state index in [1.807, 2.05) is 0 Å². The molecule has 1 amide bonds. The lowest BCUT2D eigenvalue weighted by Gasteiger charge is -2.15. The molecule has 0 aromatic heterocycles. The fourth-order valence-corrected chi connectivity index (χ4v) is 1.76. The molecule has 21 heavy (non-hydrogen) atoms. The van der Waals surface area contributed by atoms with Crippen LogP contribution in [0.1, 0.15) is 25.3 Å². The summed E-state index contributed by atoms with van der Waals surface area (Å²) in [5, 5.41) is 1.86. The number of esters is 1. The molecule has 0 unspecified atom stereocenters. The molecular weight excluding hydrogens is 311 g/mol. The lowest BCUT2D eigenvalue weighted by molar-refractivity contribution is -0.144. The highest BCUT2D eigenvalue weighted by molar-refractivity contribution is 6.34. The van der Waals surface area contributed by atoms with Gasteiger partial charge in [-0.2, -0.15) is 13.2 Å². The number of hydrogen-bond donors (Lipinski definition) is 1. The van der Waals surface area contributed by atoms with Gasteiger partial charge in [0.15, 0.2) is 0 Å². The summed E-state index contributed by atoms with van der Waals surface area (Å²) < 4.78 is 43.0. The molecule has 116 valence electrons. The van der Waals surface area contributed by atoms with Crippen molar-refractivity contribution < 1.29 is 27.5 Å². The fourth-order valence-electron chi connectivity index (χ4n) is 1.54. The lowest BCUT2D eigenvalue weighted by Crippen LogP contribution is -2.18. The molecule has 1 N–H and O–H groups in total. The largest absolute Gasteiger partial charge is 0.466 e. The van der Waals surface area contributed by atoms with Crippen molar-refractivity contribution in [3.63, 3.8) is 0 Å². The van der Waals surface area contributed by atoms with Crippen molar-refractivity contribution in [3.8, 4) is 0 Å². The van der Waals surface area contributed by atoms with Crippen LogP contribution in [0, 0.1) is 0 Å². The van der Waals surface area contributed by atoms with Gasteiger partial charge in [-0.15, -0.1) is 0 Å². The van der Waals surface area contributed by atoms with Crippen molar-refractivity contribution >= 4 is 29.2 Å². The Labute approximate surface area is 124 Å². The molecule has 0 aliphatic carbocycles. The third kappa shape index (κ3) is 5.26. The Morgan fingerprint density at radius 3 is 2.52 bits per heavy atom. The normalized spacial score (nSPS) is 11.1. The van der Waals surface area contributed by atoms with Crippen molar-refractivity contribution in [2.45, 2.75) is 25.9 Å². The van der Waals surface area contributed by atoms with E-state index in [0.717, 1.165) is 12.1 Å². The van der Waals surface area contributed by atoms with Gasteiger partial charge in [0.05, 0.1) is 29.3 Å². The average molecular weight is 324 g/mol. The van der Waals surface area contributed by atoms with Crippen LogP contribution in [-0.4, -0.2) is 18.5 Å². The van der Waals surface area contributed by atoms with Gasteiger partial charge in [-0.05, 0) is 19.1 Å². The molecule has 0 atom stereocenters. The maximum Gasteiger partial charge on any atom is 0.418 e. The van der Waals surface area contributed by atoms with Crippen molar-refractivity contribution in [3.05, 3.63) is 28.8 Å². The van der Waals surface area contributed by atoms with Gasteiger partial charge in [0.25, 0.3) is 0 Å². The number of carbonyl (C=O) groups excluding carboxylic acids is 2. The molecule has 0 bridgehead atoms. The van der Waals surface area contributed by atoms with E-state index >= 15 is 0 Å². The standard InChI is InChI=1S/C13H13ClF3NO3/c1-2-21-11(20)7-6-10(19)18-12-8(13(15,16)17)4-3-5-9(12)14/h3-5H,2,6-7H2,1H3,(H,18,19). The first-order valence-electron chi connectivity index (χ1n) is 6.07. The Balaban J connectivity index is 2.79. The van der Waals surface area contributed by atoms with Gasteiger partial charge in [-0.3, -0.25) is 9.59 Å². The summed E-state index contributed by atoms with van der Waals surface area (Å²) in [6.45, 7) is 1.78. The van der Waals surface area contributed by atoms with Crippen LogP contribution in [0.15, 0.2) is 18.2 Å². The van der Waals surface area contributed by atoms with Gasteiger partial charge in [-0.1, -0.05) is 17.7 Å². The molecule has 1 aromatic rings. The molecule has 8 heteroatoms. The molecule has 1 rings (SSSR count). The van der Waals surface area contributed by atoms with E-state index in [1.54, 1.807) is 6.92 Å². The molecule has 0 saturated heterocycles. The Morgan fingerprint density at radius 2 is 1.95 bits per heavy atom. The molecule has 0 aliphatic heterocycles. The van der Waals surface area contributed by atoms with Crippen LogP contribution in [0.4, 0.5) is 18.9 Å². The third-order valence-corrected chi connectivity index (χ3v) is 2.76. The van der Waals surface area contributed by atoms with Crippen LogP contribution >= 0.6 is 11.6 Å². The second-order valence-electron chi connectivity index (χ2n) is 4.01. The maximum atomic E-state index is 12.8. The SMILES string of the molecule is CCOC(=O)CCC(=O)Nc1c(Cl)cccc1C(F)(F)F. The fraction of sp³-hybridized carbons (Fsp3) is 0.385. The predicted molar refractivity (Wildman–Crippen MR) is 71.0 cm³/mol. The number of ether oxygens (including phenoxy) is 1. The highest BCUT2D eigenvalue weighted by Gasteiger charge is 2.34. The van der Waals surface area contributed by atoms with Crippen LogP contribution in [-0.2, 0) is 20.5 Å². The highest BCUT2D eigenvalue weighted by Crippen LogP contribution is 2.38. The molecular formula is C13H13ClF3NO3. The molecule has 0 aliphatic rings. The number of nitrogens with one attached hydrogen (secondary N) is 1. The Bertz CT molecular complexity index is 532. The van der Waals surface area contributed by atoms with Crippen molar-refractivity contribution in [2.24, 2.45) is 0 Å². The van der Waals surface area contributed by atoms with Gasteiger partial charge < -0.3 is 10.1 Å². The number of halogens is 4. The molecule has 0 heterocycles. The van der Waals surface area contributed by atoms with Gasteiger partial charge in [0, 0.05) is 6.42 Å². The first-order chi connectivity index (χ1) is 9.75. The van der Waals surface area contributed by atoms with E-state index in [4.69, 9.17) is 11.6 Å². The maximum absolute atomic E-state index is 12.8. The predicted octanol–water partition coefficient (Wildman–Crippen LogP) is 3.64. The van der Waals surface area contributed by atoms with Crippen LogP contribution in [0.2, 0.25) is 5.02 Å². The molecule has 0 fully saturated rings. The van der Waals surface area contributed by atoms with Crippen LogP contribution in [0.3, 0.4) is 0 Å². The number of rotatable bonds is 5. The number of alkyl halides is 3. The first kappa shape index (κ1) is 17.3. The van der Waals surface area contributed by atoms with Gasteiger partial charge in [-0.25, -0.2) is 0 Å². The summed E-state index contributed by atoms with van der Waals surface area (Å²) in [4.78, 5) is 22.7. The minimum atomic E-state index is -4.64. The Kier molecular flexibility index (Phi) is 6.02. The second-order valence-corrected chi connectivity index (χ2v) is 4.42. The zero-order chi connectivity index (χ0) is 16.0. The average Bonchev–Trinajstić information content (AvgIpc) is 2.38. The number of hydrogen-bond acceptors (Lipinski definition) is 3. The smallest absolute Gasteiger partial charge is 0.418 e. The van der Waals surface area contributed by atoms with E-state index in [-0.39, 0.29) is 24.5 Å². The van der Waals surface area contributed by atoms with Gasteiger partial charge >= 0.3 is 12.1 Å². The van der Waals surface area contributed by atoms with Crippen molar-refractivity contribution in [2.75, 3.05) is 11.9 Å². The summed E-state index contributed by atoms with van der Waals surface area (Å²) in [6.07, 6.45) is -5.15. The molecule has 1 aromatic carbocycles. The molecule has 0 saturated carbocycles. The van der Waals surface area contributed by atoms with Gasteiger partial charge in [0.1, 0.15) is 0 Å². The van der Waals surface area contributed by atoms with Crippen LogP contribution in [0.25, 0.3) is 0 Å².